The molecule has 5 nitrogen and oxygen atoms in total. The van der Waals surface area contributed by atoms with Crippen LogP contribution in [0.3, 0.4) is 0 Å². The molecule has 0 spiro atoms. The maximum Gasteiger partial charge on any atom is 0.494 e. The van der Waals surface area contributed by atoms with Crippen molar-refractivity contribution in [1.82, 2.24) is 4.31 Å². The molecule has 2 fully saturated rings. The lowest BCUT2D eigenvalue weighted by atomic mass is 9.79. The first kappa shape index (κ1) is 19.2. The number of piperidine rings is 1. The molecular formula is C18H28BNO4S. The van der Waals surface area contributed by atoms with Crippen molar-refractivity contribution in [3.8, 4) is 0 Å². The average Bonchev–Trinajstić information content (AvgIpc) is 2.75. The summed E-state index contributed by atoms with van der Waals surface area (Å²) in [6.07, 6.45) is 1.29. The van der Waals surface area contributed by atoms with Gasteiger partial charge in [0.1, 0.15) is 0 Å². The van der Waals surface area contributed by atoms with Gasteiger partial charge in [-0.15, -0.1) is 4.31 Å². The van der Waals surface area contributed by atoms with Crippen LogP contribution in [0.2, 0.25) is 0 Å². The first-order chi connectivity index (χ1) is 11.5. The summed E-state index contributed by atoms with van der Waals surface area (Å²) in [4.78, 5) is 0.766. The first-order valence-corrected chi connectivity index (χ1v) is 9.96. The van der Waals surface area contributed by atoms with E-state index in [0.29, 0.717) is 25.9 Å². The Morgan fingerprint density at radius 3 is 1.96 bits per heavy atom. The van der Waals surface area contributed by atoms with Gasteiger partial charge in [-0.05, 0) is 65.1 Å². The molecule has 1 aromatic carbocycles. The van der Waals surface area contributed by atoms with Crippen LogP contribution < -0.4 is 5.46 Å². The molecule has 0 radical (unpaired) electrons. The van der Waals surface area contributed by atoms with Crippen molar-refractivity contribution in [3.05, 3.63) is 24.3 Å². The summed E-state index contributed by atoms with van der Waals surface area (Å²) >= 11 is -1.20. The zero-order chi connectivity index (χ0) is 18.5. The van der Waals surface area contributed by atoms with Gasteiger partial charge in [0.2, 0.25) is 0 Å². The standard InChI is InChI=1S/C18H28BNO4S/c1-16(2)17(3,4)24-19(23-16)14-6-8-15(9-7-14)25(22)20-12-10-18(5,21)11-13-20/h6-9,21H,10-13H2,1-5H3. The minimum atomic E-state index is -1.20. The van der Waals surface area contributed by atoms with E-state index >= 15 is 0 Å². The molecule has 0 aromatic heterocycles. The first-order valence-electron chi connectivity index (χ1n) is 8.86. The molecule has 0 amide bonds. The van der Waals surface area contributed by atoms with E-state index in [2.05, 4.69) is 0 Å². The number of aliphatic hydroxyl groups is 1. The van der Waals surface area contributed by atoms with Crippen LogP contribution >= 0.6 is 0 Å². The summed E-state index contributed by atoms with van der Waals surface area (Å²) < 4.78 is 26.8. The Morgan fingerprint density at radius 1 is 1.00 bits per heavy atom. The molecule has 2 heterocycles. The normalized spacial score (nSPS) is 26.6. The molecular weight excluding hydrogens is 337 g/mol. The molecule has 138 valence electrons. The Bertz CT molecular complexity index is 594. The van der Waals surface area contributed by atoms with Crippen LogP contribution in [0.15, 0.2) is 29.2 Å². The lowest BCUT2D eigenvalue weighted by molar-refractivity contribution is 0.00578. The molecule has 1 atom stereocenters. The molecule has 0 bridgehead atoms. The smallest absolute Gasteiger partial charge is 0.494 e. The predicted molar refractivity (Wildman–Crippen MR) is 100.0 cm³/mol. The molecule has 7 heteroatoms. The highest BCUT2D eigenvalue weighted by molar-refractivity contribution is 7.89. The van der Waals surface area contributed by atoms with Crippen LogP contribution in [0.5, 0.6) is 0 Å². The molecule has 2 aliphatic heterocycles. The number of hydrogen-bond acceptors (Lipinski definition) is 5. The second-order valence-corrected chi connectivity index (χ2v) is 9.82. The minimum absolute atomic E-state index is 0.371. The Morgan fingerprint density at radius 2 is 1.48 bits per heavy atom. The van der Waals surface area contributed by atoms with Crippen LogP contribution in [0.1, 0.15) is 47.5 Å². The lowest BCUT2D eigenvalue weighted by Gasteiger charge is -2.35. The largest absolute Gasteiger partial charge is 0.593 e. The van der Waals surface area contributed by atoms with Crippen LogP contribution in [0.25, 0.3) is 0 Å². The van der Waals surface area contributed by atoms with Crippen molar-refractivity contribution < 1.29 is 19.0 Å². The van der Waals surface area contributed by atoms with E-state index in [1.54, 1.807) is 0 Å². The monoisotopic (exact) mass is 365 g/mol. The Hall–Kier alpha value is -0.565. The number of nitrogens with zero attached hydrogens (tertiary/aromatic N) is 1. The summed E-state index contributed by atoms with van der Waals surface area (Å²) in [5.41, 5.74) is -0.448. The predicted octanol–water partition coefficient (Wildman–Crippen LogP) is 1.86. The third kappa shape index (κ3) is 3.92. The van der Waals surface area contributed by atoms with Crippen LogP contribution in [0, 0.1) is 0 Å². The fraction of sp³-hybridized carbons (Fsp3) is 0.667. The molecule has 1 unspecified atom stereocenters. The molecule has 3 rings (SSSR count). The molecule has 25 heavy (non-hydrogen) atoms. The highest BCUT2D eigenvalue weighted by Gasteiger charge is 2.51. The quantitative estimate of drug-likeness (QED) is 0.654. The second kappa shape index (κ2) is 6.55. The van der Waals surface area contributed by atoms with Crippen molar-refractivity contribution in [1.29, 1.82) is 0 Å². The third-order valence-corrected chi connectivity index (χ3v) is 7.15. The number of rotatable bonds is 3. The zero-order valence-electron chi connectivity index (χ0n) is 15.7. The summed E-state index contributed by atoms with van der Waals surface area (Å²) in [6, 6.07) is 7.61. The minimum Gasteiger partial charge on any atom is -0.593 e. The van der Waals surface area contributed by atoms with Gasteiger partial charge >= 0.3 is 7.12 Å². The fourth-order valence-electron chi connectivity index (χ4n) is 3.00. The maximum atomic E-state index is 12.7. The van der Waals surface area contributed by atoms with Crippen LogP contribution in [-0.2, 0) is 20.7 Å². The average molecular weight is 365 g/mol. The Balaban J connectivity index is 1.67. The Labute approximate surface area is 154 Å². The molecule has 0 saturated carbocycles. The van der Waals surface area contributed by atoms with Gasteiger partial charge in [0.05, 0.1) is 28.2 Å². The SMILES string of the molecule is CC1(O)CCN([S+]([O-])c2ccc(B3OC(C)(C)C(C)(C)O3)cc2)CC1. The van der Waals surface area contributed by atoms with Gasteiger partial charge in [-0.3, -0.25) is 0 Å². The van der Waals surface area contributed by atoms with E-state index < -0.39 is 24.1 Å². The van der Waals surface area contributed by atoms with E-state index in [1.165, 1.54) is 0 Å². The lowest BCUT2D eigenvalue weighted by Crippen LogP contribution is -2.45. The van der Waals surface area contributed by atoms with Gasteiger partial charge in [0.25, 0.3) is 0 Å². The van der Waals surface area contributed by atoms with Gasteiger partial charge in [-0.1, -0.05) is 12.1 Å². The van der Waals surface area contributed by atoms with Crippen molar-refractivity contribution in [2.75, 3.05) is 13.1 Å². The fourth-order valence-corrected chi connectivity index (χ4v) is 4.18. The van der Waals surface area contributed by atoms with Crippen molar-refractivity contribution >= 4 is 23.9 Å². The van der Waals surface area contributed by atoms with Gasteiger partial charge in [-0.25, -0.2) is 0 Å². The van der Waals surface area contributed by atoms with Crippen molar-refractivity contribution in [2.24, 2.45) is 0 Å². The highest BCUT2D eigenvalue weighted by Crippen LogP contribution is 2.36. The molecule has 1 N–H and O–H groups in total. The van der Waals surface area contributed by atoms with Crippen LogP contribution in [0.4, 0.5) is 0 Å². The van der Waals surface area contributed by atoms with Crippen LogP contribution in [-0.4, -0.2) is 51.0 Å². The topological polar surface area (TPSA) is 65.0 Å². The van der Waals surface area contributed by atoms with E-state index in [0.717, 1.165) is 10.4 Å². The third-order valence-electron chi connectivity index (χ3n) is 5.64. The highest BCUT2D eigenvalue weighted by atomic mass is 32.2. The summed E-state index contributed by atoms with van der Waals surface area (Å²) in [6.45, 7) is 11.2. The van der Waals surface area contributed by atoms with Gasteiger partial charge in [-0.2, -0.15) is 0 Å². The summed E-state index contributed by atoms with van der Waals surface area (Å²) in [5, 5.41) is 10.0. The van der Waals surface area contributed by atoms with Crippen molar-refractivity contribution in [2.45, 2.75) is 69.2 Å². The maximum absolute atomic E-state index is 12.7. The van der Waals surface area contributed by atoms with E-state index in [9.17, 15) is 9.66 Å². The molecule has 2 saturated heterocycles. The van der Waals surface area contributed by atoms with E-state index in [4.69, 9.17) is 9.31 Å². The van der Waals surface area contributed by atoms with E-state index in [-0.39, 0.29) is 11.2 Å². The second-order valence-electron chi connectivity index (χ2n) is 8.33. The number of benzene rings is 1. The zero-order valence-corrected chi connectivity index (χ0v) is 16.6. The van der Waals surface area contributed by atoms with Gasteiger partial charge < -0.3 is 19.0 Å². The van der Waals surface area contributed by atoms with Gasteiger partial charge in [0, 0.05) is 13.1 Å². The Kier molecular flexibility index (Phi) is 5.03. The summed E-state index contributed by atoms with van der Waals surface area (Å²) in [7, 11) is -0.405. The number of hydrogen-bond donors (Lipinski definition) is 1. The molecule has 1 aromatic rings. The van der Waals surface area contributed by atoms with Crippen molar-refractivity contribution in [3.63, 3.8) is 0 Å². The molecule has 2 aliphatic rings. The van der Waals surface area contributed by atoms with E-state index in [1.807, 2.05) is 63.2 Å². The molecule has 0 aliphatic carbocycles. The van der Waals surface area contributed by atoms with Gasteiger partial charge in [0.15, 0.2) is 4.90 Å². The summed E-state index contributed by atoms with van der Waals surface area (Å²) in [5.74, 6) is 0.